The molecule has 9 heavy (non-hydrogen) atoms. The van der Waals surface area contributed by atoms with Crippen molar-refractivity contribution in [1.29, 1.82) is 0 Å². The van der Waals surface area contributed by atoms with Gasteiger partial charge in [0.05, 0.1) is 13.0 Å². The van der Waals surface area contributed by atoms with E-state index in [1.54, 1.807) is 0 Å². The lowest BCUT2D eigenvalue weighted by molar-refractivity contribution is -0.144. The Hall–Kier alpha value is 0.200. The monoisotopic (exact) mass is 242 g/mol. The molecule has 0 saturated carbocycles. The predicted octanol–water partition coefficient (Wildman–Crippen LogP) is 1.62. The van der Waals surface area contributed by atoms with Crippen LogP contribution in [0.5, 0.6) is 0 Å². The van der Waals surface area contributed by atoms with E-state index in [2.05, 4.69) is 27.3 Å². The first-order valence-corrected chi connectivity index (χ1v) is 4.06. The van der Waals surface area contributed by atoms with Gasteiger partial charge in [-0.1, -0.05) is 36.4 Å². The van der Waals surface area contributed by atoms with Crippen LogP contribution in [0.3, 0.4) is 0 Å². The molecule has 0 spiro atoms. The van der Waals surface area contributed by atoms with Gasteiger partial charge in [0.25, 0.3) is 0 Å². The third-order valence-electron chi connectivity index (χ3n) is 1.26. The molecule has 2 nitrogen and oxygen atoms in total. The summed E-state index contributed by atoms with van der Waals surface area (Å²) in [5.74, 6) is -0.118. The zero-order valence-electron chi connectivity index (χ0n) is 5.85. The first kappa shape index (κ1) is 9.20. The fraction of sp³-hybridized carbons (Fsp3) is 0.833. The molecule has 54 valence electrons. The van der Waals surface area contributed by atoms with Crippen molar-refractivity contribution in [2.24, 2.45) is 5.92 Å². The lowest BCUT2D eigenvalue weighted by Crippen LogP contribution is -2.19. The summed E-state index contributed by atoms with van der Waals surface area (Å²) in [6.07, 6.45) is 0. The zero-order chi connectivity index (χ0) is 7.44. The summed E-state index contributed by atoms with van der Waals surface area (Å²) in [4.78, 5) is 10.7. The molecule has 0 aliphatic carbocycles. The van der Waals surface area contributed by atoms with Gasteiger partial charge < -0.3 is 4.74 Å². The van der Waals surface area contributed by atoms with E-state index in [-0.39, 0.29) is 11.9 Å². The summed E-state index contributed by atoms with van der Waals surface area (Å²) in [5.41, 5.74) is 0. The van der Waals surface area contributed by atoms with Crippen LogP contribution in [0.15, 0.2) is 0 Å². The summed E-state index contributed by atoms with van der Waals surface area (Å²) in [6, 6.07) is 0. The molecule has 0 aromatic rings. The second-order valence-electron chi connectivity index (χ2n) is 1.99. The topological polar surface area (TPSA) is 26.3 Å². The Morgan fingerprint density at radius 1 is 1.56 bits per heavy atom. The third kappa shape index (κ3) is 3.03. The second-order valence-corrected chi connectivity index (χ2v) is 3.95. The van der Waals surface area contributed by atoms with Crippen LogP contribution in [-0.4, -0.2) is 17.0 Å². The number of alkyl halides is 1. The standard InChI is InChI=1S/C6H11IO2/c1-4(5(2)7)6(8)9-3/h4-5H,1-3H3. The maximum absolute atomic E-state index is 10.7. The maximum Gasteiger partial charge on any atom is 0.309 e. The van der Waals surface area contributed by atoms with Crippen LogP contribution in [0.25, 0.3) is 0 Å². The molecular weight excluding hydrogens is 231 g/mol. The second kappa shape index (κ2) is 4.09. The zero-order valence-corrected chi connectivity index (χ0v) is 8.01. The molecule has 0 heterocycles. The first-order chi connectivity index (χ1) is 4.09. The minimum Gasteiger partial charge on any atom is -0.469 e. The highest BCUT2D eigenvalue weighted by molar-refractivity contribution is 14.1. The molecule has 0 rings (SSSR count). The molecule has 3 heteroatoms. The van der Waals surface area contributed by atoms with Crippen molar-refractivity contribution in [3.05, 3.63) is 0 Å². The van der Waals surface area contributed by atoms with E-state index in [1.807, 2.05) is 13.8 Å². The Balaban J connectivity index is 3.72. The number of rotatable bonds is 2. The molecule has 2 atom stereocenters. The fourth-order valence-electron chi connectivity index (χ4n) is 0.373. The van der Waals surface area contributed by atoms with Crippen LogP contribution in [0.2, 0.25) is 0 Å². The average Bonchev–Trinajstić information content (AvgIpc) is 1.84. The minimum absolute atomic E-state index is 0.00981. The molecule has 0 bridgehead atoms. The number of hydrogen-bond donors (Lipinski definition) is 0. The molecule has 0 aliphatic rings. The molecule has 0 saturated heterocycles. The molecular formula is C6H11IO2. The first-order valence-electron chi connectivity index (χ1n) is 2.81. The number of carbonyl (C=O) groups is 1. The molecule has 2 unspecified atom stereocenters. The van der Waals surface area contributed by atoms with Gasteiger partial charge >= 0.3 is 5.97 Å². The van der Waals surface area contributed by atoms with Crippen molar-refractivity contribution in [2.75, 3.05) is 7.11 Å². The Bertz CT molecular complexity index is 101. The van der Waals surface area contributed by atoms with E-state index in [0.717, 1.165) is 0 Å². The van der Waals surface area contributed by atoms with E-state index in [1.165, 1.54) is 7.11 Å². The van der Waals surface area contributed by atoms with Crippen molar-refractivity contribution >= 4 is 28.6 Å². The van der Waals surface area contributed by atoms with Crippen molar-refractivity contribution in [1.82, 2.24) is 0 Å². The molecule has 0 fully saturated rings. The number of halogens is 1. The summed E-state index contributed by atoms with van der Waals surface area (Å²) in [6.45, 7) is 3.85. The van der Waals surface area contributed by atoms with E-state index in [4.69, 9.17) is 0 Å². The van der Waals surface area contributed by atoms with Crippen molar-refractivity contribution in [3.63, 3.8) is 0 Å². The summed E-state index contributed by atoms with van der Waals surface area (Å²) in [7, 11) is 1.41. The van der Waals surface area contributed by atoms with Gasteiger partial charge in [-0.3, -0.25) is 4.79 Å². The van der Waals surface area contributed by atoms with Gasteiger partial charge in [-0.2, -0.15) is 0 Å². The molecule has 0 aromatic carbocycles. The van der Waals surface area contributed by atoms with Crippen molar-refractivity contribution in [3.8, 4) is 0 Å². The largest absolute Gasteiger partial charge is 0.469 e. The summed E-state index contributed by atoms with van der Waals surface area (Å²) >= 11 is 2.21. The SMILES string of the molecule is COC(=O)C(C)C(C)I. The van der Waals surface area contributed by atoms with Gasteiger partial charge in [-0.05, 0) is 0 Å². The van der Waals surface area contributed by atoms with Gasteiger partial charge in [0.15, 0.2) is 0 Å². The van der Waals surface area contributed by atoms with Gasteiger partial charge in [-0.15, -0.1) is 0 Å². The van der Waals surface area contributed by atoms with Gasteiger partial charge in [0.1, 0.15) is 0 Å². The minimum atomic E-state index is -0.128. The Kier molecular flexibility index (Phi) is 4.18. The fourth-order valence-corrected chi connectivity index (χ4v) is 0.667. The van der Waals surface area contributed by atoms with Crippen LogP contribution in [-0.2, 0) is 9.53 Å². The van der Waals surface area contributed by atoms with Crippen molar-refractivity contribution < 1.29 is 9.53 Å². The van der Waals surface area contributed by atoms with Crippen LogP contribution in [0, 0.1) is 5.92 Å². The van der Waals surface area contributed by atoms with Crippen LogP contribution < -0.4 is 0 Å². The normalized spacial score (nSPS) is 16.4. The molecule has 0 amide bonds. The van der Waals surface area contributed by atoms with Gasteiger partial charge in [-0.25, -0.2) is 0 Å². The molecule has 0 aliphatic heterocycles. The number of esters is 1. The third-order valence-corrected chi connectivity index (χ3v) is 2.34. The smallest absolute Gasteiger partial charge is 0.309 e. The molecule has 0 N–H and O–H groups in total. The Labute approximate surface area is 69.1 Å². The molecule has 0 aromatic heterocycles. The van der Waals surface area contributed by atoms with E-state index in [9.17, 15) is 4.79 Å². The summed E-state index contributed by atoms with van der Waals surface area (Å²) in [5, 5.41) is 0. The maximum atomic E-state index is 10.7. The summed E-state index contributed by atoms with van der Waals surface area (Å²) < 4.78 is 4.87. The lowest BCUT2D eigenvalue weighted by atomic mass is 10.1. The Morgan fingerprint density at radius 3 is 2.11 bits per heavy atom. The number of ether oxygens (including phenoxy) is 1. The van der Waals surface area contributed by atoms with Crippen LogP contribution in [0.4, 0.5) is 0 Å². The quantitative estimate of drug-likeness (QED) is 0.418. The predicted molar refractivity (Wildman–Crippen MR) is 44.7 cm³/mol. The van der Waals surface area contributed by atoms with Gasteiger partial charge in [0.2, 0.25) is 0 Å². The van der Waals surface area contributed by atoms with E-state index < -0.39 is 0 Å². The average molecular weight is 242 g/mol. The number of hydrogen-bond acceptors (Lipinski definition) is 2. The number of carbonyl (C=O) groups excluding carboxylic acids is 1. The van der Waals surface area contributed by atoms with Crippen LogP contribution >= 0.6 is 22.6 Å². The van der Waals surface area contributed by atoms with E-state index in [0.29, 0.717) is 3.92 Å². The highest BCUT2D eigenvalue weighted by Crippen LogP contribution is 2.12. The van der Waals surface area contributed by atoms with E-state index >= 15 is 0 Å². The molecule has 0 radical (unpaired) electrons. The van der Waals surface area contributed by atoms with Crippen molar-refractivity contribution in [2.45, 2.75) is 17.8 Å². The van der Waals surface area contributed by atoms with Crippen LogP contribution in [0.1, 0.15) is 13.8 Å². The van der Waals surface area contributed by atoms with Gasteiger partial charge in [0, 0.05) is 3.92 Å². The highest BCUT2D eigenvalue weighted by Gasteiger charge is 2.17. The highest BCUT2D eigenvalue weighted by atomic mass is 127. The Morgan fingerprint density at radius 2 is 2.00 bits per heavy atom. The number of methoxy groups -OCH3 is 1. The lowest BCUT2D eigenvalue weighted by Gasteiger charge is -2.09.